The summed E-state index contributed by atoms with van der Waals surface area (Å²) in [4.78, 5) is 5.48. The molecule has 0 saturated heterocycles. The van der Waals surface area contributed by atoms with Crippen LogP contribution >= 0.6 is 45.3 Å². The third-order valence-electron chi connectivity index (χ3n) is 3.24. The van der Waals surface area contributed by atoms with E-state index in [1.807, 2.05) is 36.4 Å². The highest BCUT2D eigenvalue weighted by Gasteiger charge is 1.97. The van der Waals surface area contributed by atoms with E-state index >= 15 is 0 Å². The summed E-state index contributed by atoms with van der Waals surface area (Å²) in [6.45, 7) is 0. The predicted molar refractivity (Wildman–Crippen MR) is 122 cm³/mol. The van der Waals surface area contributed by atoms with Crippen molar-refractivity contribution in [1.29, 1.82) is 0 Å². The Morgan fingerprint density at radius 2 is 0.538 bits per heavy atom. The van der Waals surface area contributed by atoms with Crippen LogP contribution in [0.5, 0.6) is 0 Å². The van der Waals surface area contributed by atoms with E-state index in [1.165, 1.54) is 19.5 Å². The van der Waals surface area contributed by atoms with Crippen LogP contribution in [0.4, 0.5) is 0 Å². The minimum absolute atomic E-state index is 1.37. The molecule has 130 valence electrons. The van der Waals surface area contributed by atoms with Crippen LogP contribution in [0.3, 0.4) is 0 Å². The Morgan fingerprint density at radius 3 is 0.692 bits per heavy atom. The molecule has 4 heterocycles. The topological polar surface area (TPSA) is 0 Å². The van der Waals surface area contributed by atoms with E-state index < -0.39 is 0 Å². The standard InChI is InChI=1S/2C8H6S2.C6H6/c2*1-3-7(9-5-1)8-4-2-6-10-8;1-2-4-6-5-3-1/h2*1-6H;1-6H. The van der Waals surface area contributed by atoms with Crippen LogP contribution < -0.4 is 0 Å². The van der Waals surface area contributed by atoms with Crippen molar-refractivity contribution < 1.29 is 0 Å². The molecule has 5 rings (SSSR count). The molecule has 0 unspecified atom stereocenters. The van der Waals surface area contributed by atoms with Gasteiger partial charge in [0.05, 0.1) is 0 Å². The highest BCUT2D eigenvalue weighted by Crippen LogP contribution is 2.29. The monoisotopic (exact) mass is 410 g/mol. The fourth-order valence-corrected chi connectivity index (χ4v) is 5.22. The van der Waals surface area contributed by atoms with E-state index in [4.69, 9.17) is 0 Å². The fourth-order valence-electron chi connectivity index (χ4n) is 2.06. The first-order valence-corrected chi connectivity index (χ1v) is 11.6. The molecule has 0 nitrogen and oxygen atoms in total. The van der Waals surface area contributed by atoms with Crippen LogP contribution in [0.15, 0.2) is 106 Å². The second kappa shape index (κ2) is 10.9. The van der Waals surface area contributed by atoms with Crippen molar-refractivity contribution in [2.45, 2.75) is 0 Å². The largest absolute Gasteiger partial charge is 0.143 e. The first-order valence-electron chi connectivity index (χ1n) is 8.08. The maximum Gasteiger partial charge on any atom is 0.0442 e. The van der Waals surface area contributed by atoms with E-state index in [9.17, 15) is 0 Å². The fraction of sp³-hybridized carbons (Fsp3) is 0. The Kier molecular flexibility index (Phi) is 7.87. The first kappa shape index (κ1) is 18.8. The Hall–Kier alpha value is -1.98. The zero-order valence-corrected chi connectivity index (χ0v) is 17.3. The van der Waals surface area contributed by atoms with E-state index in [0.29, 0.717) is 0 Å². The molecule has 0 aliphatic carbocycles. The molecule has 0 aliphatic heterocycles. The van der Waals surface area contributed by atoms with Gasteiger partial charge < -0.3 is 0 Å². The van der Waals surface area contributed by atoms with Crippen LogP contribution in [0.25, 0.3) is 19.5 Å². The van der Waals surface area contributed by atoms with Gasteiger partial charge in [0, 0.05) is 19.5 Å². The third-order valence-corrected chi connectivity index (χ3v) is 7.11. The highest BCUT2D eigenvalue weighted by molar-refractivity contribution is 7.20. The van der Waals surface area contributed by atoms with Crippen molar-refractivity contribution in [3.05, 3.63) is 106 Å². The second-order valence-corrected chi connectivity index (χ2v) is 8.85. The summed E-state index contributed by atoms with van der Waals surface area (Å²) in [5.74, 6) is 0. The molecule has 5 aromatic rings. The number of hydrogen-bond donors (Lipinski definition) is 0. The first-order chi connectivity index (χ1) is 12.9. The predicted octanol–water partition coefficient (Wildman–Crippen LogP) is 8.64. The number of hydrogen-bond acceptors (Lipinski definition) is 4. The van der Waals surface area contributed by atoms with Gasteiger partial charge in [0.25, 0.3) is 0 Å². The lowest BCUT2D eigenvalue weighted by Crippen LogP contribution is -1.55. The van der Waals surface area contributed by atoms with Crippen LogP contribution in [-0.2, 0) is 0 Å². The molecule has 0 atom stereocenters. The maximum atomic E-state index is 2.15. The molecule has 0 N–H and O–H groups in total. The Labute approximate surface area is 170 Å². The zero-order valence-electron chi connectivity index (χ0n) is 14.0. The van der Waals surface area contributed by atoms with Gasteiger partial charge in [0.1, 0.15) is 0 Å². The molecule has 1 aromatic carbocycles. The third kappa shape index (κ3) is 6.07. The van der Waals surface area contributed by atoms with Crippen LogP contribution in [0.2, 0.25) is 0 Å². The summed E-state index contributed by atoms with van der Waals surface area (Å²) in [6, 6.07) is 28.9. The molecule has 0 saturated carbocycles. The lowest BCUT2D eigenvalue weighted by molar-refractivity contribution is 1.72. The average Bonchev–Trinajstić information content (AvgIpc) is 3.52. The smallest absolute Gasteiger partial charge is 0.0442 e. The van der Waals surface area contributed by atoms with Crippen LogP contribution in [0, 0.1) is 0 Å². The molecule has 0 bridgehead atoms. The van der Waals surface area contributed by atoms with Gasteiger partial charge in [-0.2, -0.15) is 0 Å². The van der Waals surface area contributed by atoms with Crippen molar-refractivity contribution in [3.63, 3.8) is 0 Å². The molecule has 4 aromatic heterocycles. The summed E-state index contributed by atoms with van der Waals surface area (Å²) in [6.07, 6.45) is 0. The van der Waals surface area contributed by atoms with Gasteiger partial charge in [-0.15, -0.1) is 45.3 Å². The molecule has 0 aliphatic rings. The van der Waals surface area contributed by atoms with Gasteiger partial charge in [-0.3, -0.25) is 0 Å². The minimum Gasteiger partial charge on any atom is -0.143 e. The molecule has 0 amide bonds. The van der Waals surface area contributed by atoms with E-state index in [1.54, 1.807) is 45.3 Å². The number of rotatable bonds is 2. The van der Waals surface area contributed by atoms with Crippen molar-refractivity contribution >= 4 is 45.3 Å². The summed E-state index contributed by atoms with van der Waals surface area (Å²) in [7, 11) is 0. The van der Waals surface area contributed by atoms with Gasteiger partial charge in [-0.25, -0.2) is 0 Å². The normalized spacial score (nSPS) is 9.54. The molecule has 0 fully saturated rings. The van der Waals surface area contributed by atoms with Crippen LogP contribution in [-0.4, -0.2) is 0 Å². The summed E-state index contributed by atoms with van der Waals surface area (Å²) in [5.41, 5.74) is 0. The van der Waals surface area contributed by atoms with E-state index in [0.717, 1.165) is 0 Å². The van der Waals surface area contributed by atoms with Gasteiger partial charge in [-0.1, -0.05) is 60.7 Å². The zero-order chi connectivity index (χ0) is 17.9. The van der Waals surface area contributed by atoms with Gasteiger partial charge >= 0.3 is 0 Å². The van der Waals surface area contributed by atoms with Crippen molar-refractivity contribution in [3.8, 4) is 19.5 Å². The number of benzene rings is 1. The molecule has 0 spiro atoms. The molecule has 4 heteroatoms. The van der Waals surface area contributed by atoms with E-state index in [-0.39, 0.29) is 0 Å². The molecular formula is C22H18S4. The number of thiophene rings is 4. The van der Waals surface area contributed by atoms with Crippen molar-refractivity contribution in [2.75, 3.05) is 0 Å². The SMILES string of the molecule is c1ccccc1.c1csc(-c2cccs2)c1.c1csc(-c2cccs2)c1. The molecule has 0 radical (unpaired) electrons. The maximum absolute atomic E-state index is 2.15. The Morgan fingerprint density at radius 1 is 0.308 bits per heavy atom. The van der Waals surface area contributed by atoms with Gasteiger partial charge in [0.2, 0.25) is 0 Å². The highest BCUT2D eigenvalue weighted by atomic mass is 32.1. The summed E-state index contributed by atoms with van der Waals surface area (Å²) >= 11 is 7.16. The van der Waals surface area contributed by atoms with Gasteiger partial charge in [-0.05, 0) is 45.8 Å². The quantitative estimate of drug-likeness (QED) is 0.273. The summed E-state index contributed by atoms with van der Waals surface area (Å²) < 4.78 is 0. The molecule has 26 heavy (non-hydrogen) atoms. The Balaban J connectivity index is 0.000000117. The lowest BCUT2D eigenvalue weighted by atomic mass is 10.4. The second-order valence-electron chi connectivity index (χ2n) is 5.06. The Bertz CT molecular complexity index is 746. The molecular weight excluding hydrogens is 393 g/mol. The average molecular weight is 411 g/mol. The van der Waals surface area contributed by atoms with Crippen molar-refractivity contribution in [1.82, 2.24) is 0 Å². The van der Waals surface area contributed by atoms with Crippen molar-refractivity contribution in [2.24, 2.45) is 0 Å². The lowest BCUT2D eigenvalue weighted by Gasteiger charge is -1.84. The minimum atomic E-state index is 1.37. The summed E-state index contributed by atoms with van der Waals surface area (Å²) in [5, 5.41) is 8.42. The van der Waals surface area contributed by atoms with Crippen LogP contribution in [0.1, 0.15) is 0 Å². The van der Waals surface area contributed by atoms with E-state index in [2.05, 4.69) is 70.1 Å². The van der Waals surface area contributed by atoms with Gasteiger partial charge in [0.15, 0.2) is 0 Å².